The predicted octanol–water partition coefficient (Wildman–Crippen LogP) is 5.68. The molecule has 0 spiro atoms. The van der Waals surface area contributed by atoms with E-state index in [1.54, 1.807) is 12.0 Å². The van der Waals surface area contributed by atoms with E-state index in [0.717, 1.165) is 40.2 Å². The second-order valence-electron chi connectivity index (χ2n) is 8.60. The highest BCUT2D eigenvalue weighted by Crippen LogP contribution is 2.31. The first-order valence-electron chi connectivity index (χ1n) is 11.7. The SMILES string of the molecule is COc1ccc(-c2nc(N3CCN(C(=O)Nc4ccc(C(F)(F)F)cc4)CC3)c3ccccc3n2)cc1. The Kier molecular flexibility index (Phi) is 6.56. The minimum Gasteiger partial charge on any atom is -0.497 e. The lowest BCUT2D eigenvalue weighted by atomic mass is 10.1. The van der Waals surface area contributed by atoms with Crippen molar-refractivity contribution < 1.29 is 22.7 Å². The van der Waals surface area contributed by atoms with Gasteiger partial charge in [-0.3, -0.25) is 0 Å². The number of para-hydroxylation sites is 1. The molecule has 10 heteroatoms. The fourth-order valence-electron chi connectivity index (χ4n) is 4.24. The van der Waals surface area contributed by atoms with Gasteiger partial charge in [-0.2, -0.15) is 13.2 Å². The van der Waals surface area contributed by atoms with E-state index in [2.05, 4.69) is 10.2 Å². The third-order valence-corrected chi connectivity index (χ3v) is 6.26. The third-order valence-electron chi connectivity index (χ3n) is 6.26. The van der Waals surface area contributed by atoms with E-state index in [-0.39, 0.29) is 6.03 Å². The Morgan fingerprint density at radius 3 is 2.22 bits per heavy atom. The van der Waals surface area contributed by atoms with Crippen molar-refractivity contribution in [1.29, 1.82) is 0 Å². The summed E-state index contributed by atoms with van der Waals surface area (Å²) in [6, 6.07) is 19.4. The molecule has 1 saturated heterocycles. The topological polar surface area (TPSA) is 70.6 Å². The fourth-order valence-corrected chi connectivity index (χ4v) is 4.24. The number of fused-ring (bicyclic) bond motifs is 1. The average Bonchev–Trinajstić information content (AvgIpc) is 2.92. The molecule has 1 fully saturated rings. The lowest BCUT2D eigenvalue weighted by Gasteiger charge is -2.36. The Labute approximate surface area is 211 Å². The number of benzene rings is 3. The summed E-state index contributed by atoms with van der Waals surface area (Å²) in [7, 11) is 1.61. The molecule has 3 aromatic carbocycles. The molecule has 190 valence electrons. The van der Waals surface area contributed by atoms with E-state index in [0.29, 0.717) is 37.7 Å². The quantitative estimate of drug-likeness (QED) is 0.385. The van der Waals surface area contributed by atoms with Crippen molar-refractivity contribution in [2.45, 2.75) is 6.18 Å². The van der Waals surface area contributed by atoms with Gasteiger partial charge in [-0.1, -0.05) is 12.1 Å². The Morgan fingerprint density at radius 2 is 1.57 bits per heavy atom. The zero-order valence-electron chi connectivity index (χ0n) is 20.0. The maximum atomic E-state index is 12.8. The number of carbonyl (C=O) groups excluding carboxylic acids is 1. The first-order valence-corrected chi connectivity index (χ1v) is 11.7. The third kappa shape index (κ3) is 5.28. The van der Waals surface area contributed by atoms with Crippen molar-refractivity contribution in [3.63, 3.8) is 0 Å². The van der Waals surface area contributed by atoms with Gasteiger partial charge in [-0.15, -0.1) is 0 Å². The van der Waals surface area contributed by atoms with E-state index in [9.17, 15) is 18.0 Å². The van der Waals surface area contributed by atoms with Crippen molar-refractivity contribution in [3.05, 3.63) is 78.4 Å². The van der Waals surface area contributed by atoms with Crippen LogP contribution in [0.4, 0.5) is 29.5 Å². The molecule has 0 aliphatic carbocycles. The Balaban J connectivity index is 1.31. The normalized spacial score (nSPS) is 14.1. The molecule has 0 radical (unpaired) electrons. The van der Waals surface area contributed by atoms with Crippen LogP contribution in [0.5, 0.6) is 5.75 Å². The fraction of sp³-hybridized carbons (Fsp3) is 0.222. The average molecular weight is 508 g/mol. The monoisotopic (exact) mass is 507 g/mol. The lowest BCUT2D eigenvalue weighted by Crippen LogP contribution is -2.50. The number of amides is 2. The predicted molar refractivity (Wildman–Crippen MR) is 136 cm³/mol. The van der Waals surface area contributed by atoms with Gasteiger partial charge in [-0.25, -0.2) is 14.8 Å². The first kappa shape index (κ1) is 24.4. The number of alkyl halides is 3. The number of hydrogen-bond donors (Lipinski definition) is 1. The van der Waals surface area contributed by atoms with E-state index in [1.165, 1.54) is 12.1 Å². The van der Waals surface area contributed by atoms with Crippen LogP contribution in [0.15, 0.2) is 72.8 Å². The molecule has 0 bridgehead atoms. The van der Waals surface area contributed by atoms with Crippen LogP contribution in [0.2, 0.25) is 0 Å². The molecule has 0 unspecified atom stereocenters. The van der Waals surface area contributed by atoms with Gasteiger partial charge in [0, 0.05) is 42.8 Å². The van der Waals surface area contributed by atoms with Crippen molar-refractivity contribution in [1.82, 2.24) is 14.9 Å². The van der Waals surface area contributed by atoms with Gasteiger partial charge < -0.3 is 19.9 Å². The van der Waals surface area contributed by atoms with Crippen molar-refractivity contribution in [2.24, 2.45) is 0 Å². The minimum absolute atomic E-state index is 0.311. The molecule has 5 rings (SSSR count). The molecular weight excluding hydrogens is 483 g/mol. The van der Waals surface area contributed by atoms with Gasteiger partial charge in [0.25, 0.3) is 0 Å². The summed E-state index contributed by atoms with van der Waals surface area (Å²) >= 11 is 0. The van der Waals surface area contributed by atoms with Gasteiger partial charge in [0.2, 0.25) is 0 Å². The summed E-state index contributed by atoms with van der Waals surface area (Å²) in [5.41, 5.74) is 1.24. The first-order chi connectivity index (χ1) is 17.8. The van der Waals surface area contributed by atoms with Crippen LogP contribution in [0.25, 0.3) is 22.3 Å². The zero-order chi connectivity index (χ0) is 26.0. The number of rotatable bonds is 4. The molecule has 7 nitrogen and oxygen atoms in total. The van der Waals surface area contributed by atoms with Crippen LogP contribution in [0, 0.1) is 0 Å². The number of carbonyl (C=O) groups is 1. The maximum Gasteiger partial charge on any atom is 0.416 e. The number of aromatic nitrogens is 2. The van der Waals surface area contributed by atoms with Crippen LogP contribution in [0.1, 0.15) is 5.56 Å². The van der Waals surface area contributed by atoms with Gasteiger partial charge in [0.1, 0.15) is 11.6 Å². The lowest BCUT2D eigenvalue weighted by molar-refractivity contribution is -0.137. The molecule has 37 heavy (non-hydrogen) atoms. The molecule has 1 N–H and O–H groups in total. The van der Waals surface area contributed by atoms with Crippen LogP contribution >= 0.6 is 0 Å². The molecule has 0 atom stereocenters. The molecule has 1 aliphatic heterocycles. The standard InChI is InChI=1S/C27H24F3N5O2/c1-37-21-12-6-18(7-13-21)24-32-23-5-3-2-4-22(23)25(33-24)34-14-16-35(17-15-34)26(36)31-20-10-8-19(9-11-20)27(28,29)30/h2-13H,14-17H2,1H3,(H,31,36). The zero-order valence-corrected chi connectivity index (χ0v) is 20.0. The van der Waals surface area contributed by atoms with Crippen molar-refractivity contribution in [3.8, 4) is 17.1 Å². The van der Waals surface area contributed by atoms with Crippen LogP contribution in [-0.4, -0.2) is 54.2 Å². The second kappa shape index (κ2) is 9.96. The number of urea groups is 1. The number of ether oxygens (including phenoxy) is 1. The Bertz CT molecular complexity index is 1400. The van der Waals surface area contributed by atoms with E-state index in [1.807, 2.05) is 48.5 Å². The summed E-state index contributed by atoms with van der Waals surface area (Å²) in [4.78, 5) is 26.1. The van der Waals surface area contributed by atoms with Gasteiger partial charge >= 0.3 is 12.2 Å². The molecule has 2 heterocycles. The largest absolute Gasteiger partial charge is 0.497 e. The molecule has 4 aromatic rings. The number of halogens is 3. The highest BCUT2D eigenvalue weighted by Gasteiger charge is 2.30. The highest BCUT2D eigenvalue weighted by molar-refractivity contribution is 5.92. The second-order valence-corrected chi connectivity index (χ2v) is 8.60. The Hall–Kier alpha value is -4.34. The number of hydrogen-bond acceptors (Lipinski definition) is 5. The molecular formula is C27H24F3N5O2. The van der Waals surface area contributed by atoms with Crippen molar-refractivity contribution in [2.75, 3.05) is 43.5 Å². The molecule has 2 amide bonds. The smallest absolute Gasteiger partial charge is 0.416 e. The summed E-state index contributed by atoms with van der Waals surface area (Å²) in [5, 5.41) is 3.60. The number of piperazine rings is 1. The highest BCUT2D eigenvalue weighted by atomic mass is 19.4. The van der Waals surface area contributed by atoms with Gasteiger partial charge in [0.05, 0.1) is 18.2 Å². The number of anilines is 2. The number of nitrogens with one attached hydrogen (secondary N) is 1. The number of methoxy groups -OCH3 is 1. The van der Waals surface area contributed by atoms with Gasteiger partial charge in [0.15, 0.2) is 5.82 Å². The molecule has 1 aliphatic rings. The van der Waals surface area contributed by atoms with Crippen LogP contribution in [-0.2, 0) is 6.18 Å². The van der Waals surface area contributed by atoms with Crippen molar-refractivity contribution >= 4 is 28.4 Å². The van der Waals surface area contributed by atoms with E-state index >= 15 is 0 Å². The molecule has 0 saturated carbocycles. The minimum atomic E-state index is -4.42. The van der Waals surface area contributed by atoms with Crippen LogP contribution in [0.3, 0.4) is 0 Å². The van der Waals surface area contributed by atoms with E-state index < -0.39 is 11.7 Å². The molecule has 1 aromatic heterocycles. The summed E-state index contributed by atoms with van der Waals surface area (Å²) in [6.07, 6.45) is -4.42. The summed E-state index contributed by atoms with van der Waals surface area (Å²) in [5.74, 6) is 2.13. The van der Waals surface area contributed by atoms with E-state index in [4.69, 9.17) is 14.7 Å². The number of nitrogens with zero attached hydrogens (tertiary/aromatic N) is 4. The van der Waals surface area contributed by atoms with Crippen LogP contribution < -0.4 is 15.0 Å². The summed E-state index contributed by atoms with van der Waals surface area (Å²) < 4.78 is 43.6. The summed E-state index contributed by atoms with van der Waals surface area (Å²) in [6.45, 7) is 1.96. The van der Waals surface area contributed by atoms with Gasteiger partial charge in [-0.05, 0) is 60.7 Å². The maximum absolute atomic E-state index is 12.8. The Morgan fingerprint density at radius 1 is 0.892 bits per heavy atom.